The maximum Gasteiger partial charge on any atom is 0.415 e. The molecule has 0 spiro atoms. The van der Waals surface area contributed by atoms with Crippen LogP contribution in [0, 0.1) is 0 Å². The van der Waals surface area contributed by atoms with Gasteiger partial charge in [0.25, 0.3) is 0 Å². The normalized spacial score (nSPS) is 9.79. The SMILES string of the molecule is [N-]=[N+]=NP(=O)(O)O.c1ccc(-c2ccccc2)cc1. The zero-order chi connectivity index (χ0) is 14.1. The Hall–Kier alpha value is -2.10. The monoisotopic (exact) mass is 277 g/mol. The van der Waals surface area contributed by atoms with Gasteiger partial charge in [0, 0.05) is 9.80 Å². The smallest absolute Gasteiger partial charge is 0.320 e. The Bertz CT molecular complexity index is 555. The van der Waals surface area contributed by atoms with Crippen LogP contribution in [0.4, 0.5) is 0 Å². The molecule has 2 N–H and O–H groups in total. The molecular formula is C12H12N3O3P. The van der Waals surface area contributed by atoms with Crippen LogP contribution < -0.4 is 0 Å². The fourth-order valence-electron chi connectivity index (χ4n) is 1.31. The van der Waals surface area contributed by atoms with Crippen LogP contribution in [-0.4, -0.2) is 9.79 Å². The van der Waals surface area contributed by atoms with Crippen LogP contribution in [0.25, 0.3) is 21.6 Å². The van der Waals surface area contributed by atoms with Gasteiger partial charge >= 0.3 is 7.75 Å². The summed E-state index contributed by atoms with van der Waals surface area (Å²) in [5.74, 6) is 0. The van der Waals surface area contributed by atoms with Gasteiger partial charge in [0.15, 0.2) is 0 Å². The third kappa shape index (κ3) is 6.41. The van der Waals surface area contributed by atoms with E-state index >= 15 is 0 Å². The molecule has 0 atom stereocenters. The lowest BCUT2D eigenvalue weighted by Gasteiger charge is -1.98. The topological polar surface area (TPSA) is 106 Å². The van der Waals surface area contributed by atoms with E-state index in [2.05, 4.69) is 53.4 Å². The standard InChI is InChI=1S/C12H10.H2N3O3P/c1-3-7-11(8-4-1)12-9-5-2-6-10-12;1-2-3-7(4,5)6/h1-10H;(H2,4,5,6). The molecule has 98 valence electrons. The van der Waals surface area contributed by atoms with Gasteiger partial charge in [0.2, 0.25) is 0 Å². The number of hydrogen-bond acceptors (Lipinski definition) is 1. The van der Waals surface area contributed by atoms with Crippen molar-refractivity contribution in [3.8, 4) is 11.1 Å². The Morgan fingerprint density at radius 1 is 0.895 bits per heavy atom. The first-order valence-electron chi connectivity index (χ1n) is 5.25. The second-order valence-corrected chi connectivity index (χ2v) is 4.63. The van der Waals surface area contributed by atoms with Crippen molar-refractivity contribution in [2.75, 3.05) is 0 Å². The number of rotatable bonds is 2. The van der Waals surface area contributed by atoms with E-state index in [1.807, 2.05) is 17.0 Å². The minimum atomic E-state index is -4.46. The van der Waals surface area contributed by atoms with Gasteiger partial charge in [-0.05, 0) is 16.7 Å². The Kier molecular flexibility index (Phi) is 5.79. The predicted molar refractivity (Wildman–Crippen MR) is 73.1 cm³/mol. The van der Waals surface area contributed by atoms with Crippen LogP contribution in [-0.2, 0) is 4.57 Å². The maximum absolute atomic E-state index is 9.51. The van der Waals surface area contributed by atoms with Gasteiger partial charge in [-0.15, -0.1) is 0 Å². The molecule has 0 heterocycles. The summed E-state index contributed by atoms with van der Waals surface area (Å²) >= 11 is 0. The molecule has 2 aromatic rings. The van der Waals surface area contributed by atoms with Crippen molar-refractivity contribution >= 4 is 7.75 Å². The van der Waals surface area contributed by atoms with Crippen molar-refractivity contribution in [1.82, 2.24) is 0 Å². The largest absolute Gasteiger partial charge is 0.415 e. The highest BCUT2D eigenvalue weighted by atomic mass is 31.2. The fourth-order valence-corrected chi connectivity index (χ4v) is 1.42. The quantitative estimate of drug-likeness (QED) is 0.378. The predicted octanol–water partition coefficient (Wildman–Crippen LogP) is 3.74. The lowest BCUT2D eigenvalue weighted by Crippen LogP contribution is -1.73. The van der Waals surface area contributed by atoms with Crippen molar-refractivity contribution in [2.24, 2.45) is 4.88 Å². The first kappa shape index (κ1) is 15.0. The summed E-state index contributed by atoms with van der Waals surface area (Å²) < 4.78 is 9.51. The second kappa shape index (κ2) is 7.36. The van der Waals surface area contributed by atoms with E-state index in [4.69, 9.17) is 15.3 Å². The molecule has 7 heteroatoms. The summed E-state index contributed by atoms with van der Waals surface area (Å²) in [5.41, 5.74) is 9.92. The zero-order valence-electron chi connectivity index (χ0n) is 9.87. The van der Waals surface area contributed by atoms with E-state index in [1.165, 1.54) is 11.1 Å². The van der Waals surface area contributed by atoms with E-state index in [9.17, 15) is 4.57 Å². The minimum absolute atomic E-state index is 1.28. The highest BCUT2D eigenvalue weighted by Gasteiger charge is 2.05. The summed E-state index contributed by atoms with van der Waals surface area (Å²) in [7, 11) is -4.46. The van der Waals surface area contributed by atoms with Crippen LogP contribution >= 0.6 is 7.75 Å². The van der Waals surface area contributed by atoms with Crippen molar-refractivity contribution in [1.29, 1.82) is 0 Å². The van der Waals surface area contributed by atoms with Crippen molar-refractivity contribution in [3.63, 3.8) is 0 Å². The molecule has 0 aliphatic heterocycles. The Balaban J connectivity index is 0.000000224. The van der Waals surface area contributed by atoms with Crippen molar-refractivity contribution in [3.05, 3.63) is 71.1 Å². The molecule has 0 radical (unpaired) electrons. The molecule has 2 aromatic carbocycles. The molecule has 0 unspecified atom stereocenters. The third-order valence-corrected chi connectivity index (χ3v) is 2.35. The van der Waals surface area contributed by atoms with Gasteiger partial charge in [-0.1, -0.05) is 60.7 Å². The van der Waals surface area contributed by atoms with Crippen molar-refractivity contribution in [2.45, 2.75) is 0 Å². The zero-order valence-corrected chi connectivity index (χ0v) is 10.8. The molecule has 6 nitrogen and oxygen atoms in total. The van der Waals surface area contributed by atoms with E-state index < -0.39 is 7.75 Å². The molecular weight excluding hydrogens is 265 g/mol. The molecule has 0 bridgehead atoms. The van der Waals surface area contributed by atoms with Crippen LogP contribution in [0.5, 0.6) is 0 Å². The van der Waals surface area contributed by atoms with Crippen LogP contribution in [0.1, 0.15) is 0 Å². The molecule has 19 heavy (non-hydrogen) atoms. The van der Waals surface area contributed by atoms with Gasteiger partial charge in [0.05, 0.1) is 0 Å². The first-order valence-corrected chi connectivity index (χ1v) is 6.82. The first-order chi connectivity index (χ1) is 9.03. The summed E-state index contributed by atoms with van der Waals surface area (Å²) in [4.78, 5) is 19.4. The molecule has 0 saturated carbocycles. The van der Waals surface area contributed by atoms with Gasteiger partial charge in [-0.25, -0.2) is 0 Å². The van der Waals surface area contributed by atoms with Gasteiger partial charge in [-0.3, -0.25) is 4.57 Å². The van der Waals surface area contributed by atoms with Crippen molar-refractivity contribution < 1.29 is 14.4 Å². The lowest BCUT2D eigenvalue weighted by atomic mass is 10.1. The highest BCUT2D eigenvalue weighted by molar-refractivity contribution is 7.50. The highest BCUT2D eigenvalue weighted by Crippen LogP contribution is 2.35. The number of hydrogen-bond donors (Lipinski definition) is 2. The maximum atomic E-state index is 9.51. The molecule has 2 rings (SSSR count). The Morgan fingerprint density at radius 2 is 1.26 bits per heavy atom. The molecule has 0 aromatic heterocycles. The summed E-state index contributed by atoms with van der Waals surface area (Å²) in [5, 5.41) is 0. The third-order valence-electron chi connectivity index (χ3n) is 2.04. The summed E-state index contributed by atoms with van der Waals surface area (Å²) in [6.45, 7) is 0. The average molecular weight is 277 g/mol. The minimum Gasteiger partial charge on any atom is -0.320 e. The number of benzene rings is 2. The van der Waals surface area contributed by atoms with E-state index in [0.717, 1.165) is 0 Å². The van der Waals surface area contributed by atoms with Crippen LogP contribution in [0.3, 0.4) is 0 Å². The number of nitrogens with zero attached hydrogens (tertiary/aromatic N) is 3. The summed E-state index contributed by atoms with van der Waals surface area (Å²) in [6.07, 6.45) is 0. The molecule has 0 aliphatic carbocycles. The molecule has 0 aliphatic rings. The van der Waals surface area contributed by atoms with Gasteiger partial charge < -0.3 is 9.79 Å². The van der Waals surface area contributed by atoms with Crippen LogP contribution in [0.15, 0.2) is 65.5 Å². The Morgan fingerprint density at radius 3 is 1.47 bits per heavy atom. The summed E-state index contributed by atoms with van der Waals surface area (Å²) in [6, 6.07) is 20.8. The van der Waals surface area contributed by atoms with E-state index in [-0.39, 0.29) is 0 Å². The fraction of sp³-hybridized carbons (Fsp3) is 0. The number of azide groups is 1. The van der Waals surface area contributed by atoms with E-state index in [1.54, 1.807) is 0 Å². The molecule has 0 amide bonds. The Labute approximate surface area is 110 Å². The van der Waals surface area contributed by atoms with Crippen LogP contribution in [0.2, 0.25) is 0 Å². The average Bonchev–Trinajstić information content (AvgIpc) is 2.40. The van der Waals surface area contributed by atoms with Gasteiger partial charge in [0.1, 0.15) is 0 Å². The molecule has 0 fully saturated rings. The molecule has 0 saturated heterocycles. The lowest BCUT2D eigenvalue weighted by molar-refractivity contribution is 0.374. The second-order valence-electron chi connectivity index (χ2n) is 3.42. The van der Waals surface area contributed by atoms with E-state index in [0.29, 0.717) is 0 Å². The van der Waals surface area contributed by atoms with Gasteiger partial charge in [-0.2, -0.15) is 0 Å².